The molecule has 0 saturated heterocycles. The van der Waals surface area contributed by atoms with Gasteiger partial charge in [0.05, 0.1) is 0 Å². The second kappa shape index (κ2) is 5.59. The minimum atomic E-state index is -0.584. The average Bonchev–Trinajstić information content (AvgIpc) is 2.28. The Hall–Kier alpha value is -2.24. The van der Waals surface area contributed by atoms with Crippen LogP contribution in [0.15, 0.2) is 18.2 Å². The van der Waals surface area contributed by atoms with Crippen molar-refractivity contribution in [2.45, 2.75) is 6.61 Å². The Balaban J connectivity index is 2.45. The first kappa shape index (κ1) is 11.8. The molecule has 0 heterocycles. The molecule has 0 aromatic heterocycles. The fourth-order valence-corrected chi connectivity index (χ4v) is 0.999. The minimum Gasteiger partial charge on any atom is -0.504 e. The van der Waals surface area contributed by atoms with Crippen molar-refractivity contribution in [2.24, 2.45) is 0 Å². The monoisotopic (exact) mass is 225 g/mol. The van der Waals surface area contributed by atoms with E-state index in [0.717, 1.165) is 0 Å². The Morgan fingerprint density at radius 3 is 2.75 bits per heavy atom. The van der Waals surface area contributed by atoms with Crippen LogP contribution in [0.2, 0.25) is 0 Å². The molecule has 0 aliphatic heterocycles. The van der Waals surface area contributed by atoms with Crippen LogP contribution in [0.3, 0.4) is 0 Å². The lowest BCUT2D eigenvalue weighted by atomic mass is 10.2. The summed E-state index contributed by atoms with van der Waals surface area (Å²) in [6.45, 7) is -0.235. The summed E-state index contributed by atoms with van der Waals surface area (Å²) in [4.78, 5) is 20.9. The highest BCUT2D eigenvalue weighted by atomic mass is 16.5. The van der Waals surface area contributed by atoms with Gasteiger partial charge in [-0.2, -0.15) is 0 Å². The van der Waals surface area contributed by atoms with Gasteiger partial charge >= 0.3 is 5.97 Å². The van der Waals surface area contributed by atoms with Crippen LogP contribution in [-0.2, 0) is 20.9 Å². The third-order valence-corrected chi connectivity index (χ3v) is 1.77. The number of phenols is 2. The molecule has 0 aliphatic carbocycles. The predicted molar refractivity (Wildman–Crippen MR) is 53.6 cm³/mol. The zero-order valence-electron chi connectivity index (χ0n) is 8.34. The lowest BCUT2D eigenvalue weighted by molar-refractivity contribution is -0.144. The summed E-state index contributed by atoms with van der Waals surface area (Å²) >= 11 is 0. The number of nitrogens with one attached hydrogen (secondary N) is 1. The summed E-state index contributed by atoms with van der Waals surface area (Å²) in [6, 6.07) is 4.09. The van der Waals surface area contributed by atoms with Crippen LogP contribution >= 0.6 is 0 Å². The lowest BCUT2D eigenvalue weighted by Crippen LogP contribution is -2.23. The van der Waals surface area contributed by atoms with E-state index in [1.54, 1.807) is 0 Å². The quantitative estimate of drug-likeness (QED) is 0.369. The van der Waals surface area contributed by atoms with Crippen molar-refractivity contribution in [1.82, 2.24) is 5.32 Å². The van der Waals surface area contributed by atoms with Gasteiger partial charge in [-0.25, -0.2) is 0 Å². The van der Waals surface area contributed by atoms with Crippen LogP contribution in [0.25, 0.3) is 0 Å². The molecule has 1 aromatic carbocycles. The van der Waals surface area contributed by atoms with E-state index in [2.05, 4.69) is 5.32 Å². The molecule has 6 nitrogen and oxygen atoms in total. The number of hydrogen-bond donors (Lipinski definition) is 3. The topological polar surface area (TPSA) is 95.9 Å². The van der Waals surface area contributed by atoms with Crippen molar-refractivity contribution in [1.29, 1.82) is 0 Å². The molecule has 0 saturated carbocycles. The molecular formula is C10H11NO5. The number of amides is 1. The fourth-order valence-electron chi connectivity index (χ4n) is 0.999. The molecule has 16 heavy (non-hydrogen) atoms. The minimum absolute atomic E-state index is 0.0345. The summed E-state index contributed by atoms with van der Waals surface area (Å²) in [5.41, 5.74) is 0.537. The van der Waals surface area contributed by atoms with Gasteiger partial charge in [0.2, 0.25) is 6.41 Å². The predicted octanol–water partition coefficient (Wildman–Crippen LogP) is -0.113. The number of benzene rings is 1. The molecule has 1 aromatic rings. The Bertz CT molecular complexity index is 391. The third kappa shape index (κ3) is 3.49. The van der Waals surface area contributed by atoms with Crippen LogP contribution < -0.4 is 5.32 Å². The van der Waals surface area contributed by atoms with Gasteiger partial charge in [-0.3, -0.25) is 9.59 Å². The number of rotatable bonds is 5. The molecular weight excluding hydrogens is 214 g/mol. The van der Waals surface area contributed by atoms with Gasteiger partial charge in [-0.05, 0) is 17.7 Å². The number of aromatic hydroxyl groups is 2. The smallest absolute Gasteiger partial charge is 0.325 e. The fraction of sp³-hybridized carbons (Fsp3) is 0.200. The van der Waals surface area contributed by atoms with E-state index < -0.39 is 5.97 Å². The summed E-state index contributed by atoms with van der Waals surface area (Å²) in [5, 5.41) is 20.3. The molecule has 0 unspecified atom stereocenters. The average molecular weight is 225 g/mol. The summed E-state index contributed by atoms with van der Waals surface area (Å²) in [7, 11) is 0. The Morgan fingerprint density at radius 2 is 2.12 bits per heavy atom. The van der Waals surface area contributed by atoms with Gasteiger partial charge in [0.15, 0.2) is 11.5 Å². The number of ether oxygens (including phenoxy) is 1. The van der Waals surface area contributed by atoms with Crippen molar-refractivity contribution in [2.75, 3.05) is 6.54 Å². The van der Waals surface area contributed by atoms with E-state index in [4.69, 9.17) is 14.9 Å². The number of esters is 1. The zero-order valence-corrected chi connectivity index (χ0v) is 8.34. The lowest BCUT2D eigenvalue weighted by Gasteiger charge is -2.05. The number of carbonyl (C=O) groups is 2. The highest BCUT2D eigenvalue weighted by Crippen LogP contribution is 2.24. The third-order valence-electron chi connectivity index (χ3n) is 1.77. The largest absolute Gasteiger partial charge is 0.504 e. The van der Waals surface area contributed by atoms with Crippen molar-refractivity contribution < 1.29 is 24.5 Å². The molecule has 6 heteroatoms. The maximum atomic E-state index is 11.0. The molecule has 0 aliphatic rings. The van der Waals surface area contributed by atoms with E-state index in [0.29, 0.717) is 12.0 Å². The molecule has 0 fully saturated rings. The molecule has 0 bridgehead atoms. The van der Waals surface area contributed by atoms with Crippen LogP contribution in [0, 0.1) is 0 Å². The van der Waals surface area contributed by atoms with Crippen LogP contribution in [0.1, 0.15) is 5.56 Å². The molecule has 0 atom stereocenters. The van der Waals surface area contributed by atoms with E-state index in [-0.39, 0.29) is 24.7 Å². The van der Waals surface area contributed by atoms with Gasteiger partial charge in [0, 0.05) is 0 Å². The molecule has 1 amide bonds. The molecule has 0 radical (unpaired) electrons. The van der Waals surface area contributed by atoms with Gasteiger partial charge in [0.1, 0.15) is 13.2 Å². The van der Waals surface area contributed by atoms with E-state index in [9.17, 15) is 9.59 Å². The molecule has 1 rings (SSSR count). The van der Waals surface area contributed by atoms with Crippen LogP contribution in [0.4, 0.5) is 0 Å². The zero-order chi connectivity index (χ0) is 12.0. The van der Waals surface area contributed by atoms with Gasteiger partial charge in [0.25, 0.3) is 0 Å². The standard InChI is InChI=1S/C10H11NO5/c12-6-11-4-10(15)16-5-7-1-2-8(13)9(14)3-7/h1-3,6,13-14H,4-5H2,(H,11,12). The van der Waals surface area contributed by atoms with Gasteiger partial charge < -0.3 is 20.3 Å². The Morgan fingerprint density at radius 1 is 1.38 bits per heavy atom. The van der Waals surface area contributed by atoms with Gasteiger partial charge in [-0.1, -0.05) is 6.07 Å². The van der Waals surface area contributed by atoms with Crippen LogP contribution in [0.5, 0.6) is 11.5 Å². The van der Waals surface area contributed by atoms with Gasteiger partial charge in [-0.15, -0.1) is 0 Å². The molecule has 0 spiro atoms. The maximum absolute atomic E-state index is 11.0. The maximum Gasteiger partial charge on any atom is 0.325 e. The summed E-state index contributed by atoms with van der Waals surface area (Å²) in [5.74, 6) is -1.10. The SMILES string of the molecule is O=CNCC(=O)OCc1ccc(O)c(O)c1. The van der Waals surface area contributed by atoms with E-state index in [1.165, 1.54) is 18.2 Å². The first-order valence-electron chi connectivity index (χ1n) is 4.47. The van der Waals surface area contributed by atoms with Crippen molar-refractivity contribution in [3.05, 3.63) is 23.8 Å². The highest BCUT2D eigenvalue weighted by molar-refractivity contribution is 5.74. The first-order valence-corrected chi connectivity index (χ1v) is 4.47. The molecule has 3 N–H and O–H groups in total. The summed E-state index contributed by atoms with van der Waals surface area (Å²) in [6.07, 6.45) is 0.396. The first-order chi connectivity index (χ1) is 7.63. The number of carbonyl (C=O) groups excluding carboxylic acids is 2. The number of phenolic OH excluding ortho intramolecular Hbond substituents is 2. The second-order valence-electron chi connectivity index (χ2n) is 2.98. The Labute approximate surface area is 91.5 Å². The normalized spacial score (nSPS) is 9.50. The van der Waals surface area contributed by atoms with E-state index >= 15 is 0 Å². The molecule has 86 valence electrons. The second-order valence-corrected chi connectivity index (χ2v) is 2.98. The highest BCUT2D eigenvalue weighted by Gasteiger charge is 2.04. The van der Waals surface area contributed by atoms with Crippen molar-refractivity contribution in [3.8, 4) is 11.5 Å². The van der Waals surface area contributed by atoms with Crippen molar-refractivity contribution >= 4 is 12.4 Å². The summed E-state index contributed by atoms with van der Waals surface area (Å²) < 4.78 is 4.77. The van der Waals surface area contributed by atoms with E-state index in [1.807, 2.05) is 0 Å². The number of hydrogen-bond acceptors (Lipinski definition) is 5. The van der Waals surface area contributed by atoms with Crippen molar-refractivity contribution in [3.63, 3.8) is 0 Å². The Kier molecular flexibility index (Phi) is 4.14. The van der Waals surface area contributed by atoms with Crippen LogP contribution in [-0.4, -0.2) is 29.1 Å².